The molecule has 0 radical (unpaired) electrons. The molecule has 22 heavy (non-hydrogen) atoms. The predicted octanol–water partition coefficient (Wildman–Crippen LogP) is 1.86. The molecule has 0 bridgehead atoms. The van der Waals surface area contributed by atoms with Crippen molar-refractivity contribution < 1.29 is 9.53 Å². The Hall–Kier alpha value is -1.85. The lowest BCUT2D eigenvalue weighted by atomic mass is 10.2. The Balaban J connectivity index is 1.71. The first-order chi connectivity index (χ1) is 10.6. The summed E-state index contributed by atoms with van der Waals surface area (Å²) in [5.41, 5.74) is -0.381. The van der Waals surface area contributed by atoms with Gasteiger partial charge in [0.25, 0.3) is 5.56 Å². The van der Waals surface area contributed by atoms with Gasteiger partial charge in [0.2, 0.25) is 0 Å². The minimum Gasteiger partial charge on any atom is -0.466 e. The van der Waals surface area contributed by atoms with Crippen molar-refractivity contribution in [3.05, 3.63) is 33.1 Å². The van der Waals surface area contributed by atoms with Crippen molar-refractivity contribution in [2.75, 3.05) is 6.61 Å². The maximum Gasteiger partial charge on any atom is 0.331 e. The van der Waals surface area contributed by atoms with E-state index in [2.05, 4.69) is 0 Å². The van der Waals surface area contributed by atoms with Crippen molar-refractivity contribution in [2.24, 2.45) is 0 Å². The number of aromatic nitrogens is 2. The molecule has 1 aliphatic rings. The Morgan fingerprint density at radius 2 is 1.95 bits per heavy atom. The highest BCUT2D eigenvalue weighted by atomic mass is 16.5. The summed E-state index contributed by atoms with van der Waals surface area (Å²) in [4.78, 5) is 34.9. The highest BCUT2D eigenvalue weighted by Crippen LogP contribution is 2.31. The molecule has 2 rings (SSSR count). The van der Waals surface area contributed by atoms with E-state index in [1.165, 1.54) is 10.6 Å². The summed E-state index contributed by atoms with van der Waals surface area (Å²) < 4.78 is 8.01. The zero-order valence-corrected chi connectivity index (χ0v) is 13.1. The third kappa shape index (κ3) is 4.58. The summed E-state index contributed by atoms with van der Waals surface area (Å²) in [7, 11) is 0. The number of rotatable bonds is 9. The van der Waals surface area contributed by atoms with Crippen LogP contribution in [-0.2, 0) is 16.1 Å². The fraction of sp³-hybridized carbons (Fsp3) is 0.688. The molecule has 0 amide bonds. The molecule has 6 heteroatoms. The topological polar surface area (TPSA) is 70.3 Å². The van der Waals surface area contributed by atoms with E-state index in [1.54, 1.807) is 17.7 Å². The molecule has 0 saturated heterocycles. The molecule has 1 aromatic rings. The number of aryl methyl sites for hydroxylation is 1. The SMILES string of the molecule is CCC(=O)OCCCCCCn1ccc(=O)n(C2CC2)c1=O. The molecule has 1 heterocycles. The number of unbranched alkanes of at least 4 members (excludes halogenated alkanes) is 3. The lowest BCUT2D eigenvalue weighted by Gasteiger charge is -2.09. The second-order valence-electron chi connectivity index (χ2n) is 5.72. The van der Waals surface area contributed by atoms with Gasteiger partial charge in [-0.3, -0.25) is 14.2 Å². The van der Waals surface area contributed by atoms with Gasteiger partial charge in [0.1, 0.15) is 0 Å². The second-order valence-corrected chi connectivity index (χ2v) is 5.72. The van der Waals surface area contributed by atoms with Gasteiger partial charge in [0.15, 0.2) is 0 Å². The van der Waals surface area contributed by atoms with Crippen LogP contribution in [0.15, 0.2) is 21.9 Å². The summed E-state index contributed by atoms with van der Waals surface area (Å²) in [5.74, 6) is -0.158. The van der Waals surface area contributed by atoms with Gasteiger partial charge >= 0.3 is 11.7 Å². The summed E-state index contributed by atoms with van der Waals surface area (Å²) >= 11 is 0. The smallest absolute Gasteiger partial charge is 0.331 e. The predicted molar refractivity (Wildman–Crippen MR) is 83.0 cm³/mol. The molecular formula is C16H24N2O4. The fourth-order valence-corrected chi connectivity index (χ4v) is 2.40. The molecule has 0 N–H and O–H groups in total. The maximum absolute atomic E-state index is 12.2. The van der Waals surface area contributed by atoms with E-state index < -0.39 is 0 Å². The van der Waals surface area contributed by atoms with Gasteiger partial charge in [-0.15, -0.1) is 0 Å². The molecule has 0 atom stereocenters. The van der Waals surface area contributed by atoms with E-state index in [-0.39, 0.29) is 23.3 Å². The van der Waals surface area contributed by atoms with Gasteiger partial charge in [0.05, 0.1) is 6.61 Å². The minimum absolute atomic E-state index is 0.112. The first-order valence-electron chi connectivity index (χ1n) is 8.11. The molecule has 0 aromatic carbocycles. The molecule has 0 unspecified atom stereocenters. The summed E-state index contributed by atoms with van der Waals surface area (Å²) in [6, 6.07) is 1.59. The van der Waals surface area contributed by atoms with Crippen LogP contribution in [0.25, 0.3) is 0 Å². The number of esters is 1. The zero-order chi connectivity index (χ0) is 15.9. The van der Waals surface area contributed by atoms with Crippen LogP contribution in [-0.4, -0.2) is 21.7 Å². The molecule has 1 fully saturated rings. The third-order valence-corrected chi connectivity index (χ3v) is 3.84. The molecule has 1 aliphatic carbocycles. The summed E-state index contributed by atoms with van der Waals surface area (Å²) in [6.45, 7) is 2.88. The summed E-state index contributed by atoms with van der Waals surface area (Å²) in [6.07, 6.45) is 7.52. The molecule has 1 aromatic heterocycles. The number of hydrogen-bond acceptors (Lipinski definition) is 4. The molecule has 0 spiro atoms. The summed E-state index contributed by atoms with van der Waals surface area (Å²) in [5, 5.41) is 0. The van der Waals surface area contributed by atoms with Gasteiger partial charge in [0, 0.05) is 31.3 Å². The van der Waals surface area contributed by atoms with Gasteiger partial charge in [-0.05, 0) is 32.1 Å². The molecule has 122 valence electrons. The maximum atomic E-state index is 12.2. The van der Waals surface area contributed by atoms with E-state index >= 15 is 0 Å². The van der Waals surface area contributed by atoms with Crippen molar-refractivity contribution in [2.45, 2.75) is 64.5 Å². The van der Waals surface area contributed by atoms with Gasteiger partial charge in [-0.2, -0.15) is 0 Å². The third-order valence-electron chi connectivity index (χ3n) is 3.84. The molecule has 6 nitrogen and oxygen atoms in total. The highest BCUT2D eigenvalue weighted by Gasteiger charge is 2.26. The van der Waals surface area contributed by atoms with Gasteiger partial charge in [-0.25, -0.2) is 4.79 Å². The number of carbonyl (C=O) groups excluding carboxylic acids is 1. The van der Waals surface area contributed by atoms with Crippen LogP contribution in [0.4, 0.5) is 0 Å². The number of ether oxygens (including phenoxy) is 1. The largest absolute Gasteiger partial charge is 0.466 e. The van der Waals surface area contributed by atoms with E-state index in [4.69, 9.17) is 4.74 Å². The van der Waals surface area contributed by atoms with E-state index in [0.29, 0.717) is 19.6 Å². The molecule has 0 aliphatic heterocycles. The normalized spacial score (nSPS) is 14.0. The standard InChI is InChI=1S/C16H24N2O4/c1-2-15(20)22-12-6-4-3-5-10-17-11-9-14(19)18(16(17)21)13-7-8-13/h9,11,13H,2-8,10,12H2,1H3. The first-order valence-corrected chi connectivity index (χ1v) is 8.11. The minimum atomic E-state index is -0.193. The monoisotopic (exact) mass is 308 g/mol. The van der Waals surface area contributed by atoms with Crippen LogP contribution < -0.4 is 11.2 Å². The Morgan fingerprint density at radius 3 is 2.64 bits per heavy atom. The van der Waals surface area contributed by atoms with Crippen LogP contribution in [0.5, 0.6) is 0 Å². The Bertz CT molecular complexity index is 613. The molecular weight excluding hydrogens is 284 g/mol. The second kappa shape index (κ2) is 7.96. The Labute approximate surface area is 129 Å². The van der Waals surface area contributed by atoms with Crippen molar-refractivity contribution in [3.63, 3.8) is 0 Å². The first kappa shape index (κ1) is 16.5. The average molecular weight is 308 g/mol. The lowest BCUT2D eigenvalue weighted by molar-refractivity contribution is -0.143. The van der Waals surface area contributed by atoms with Crippen LogP contribution in [0.3, 0.4) is 0 Å². The van der Waals surface area contributed by atoms with Gasteiger partial charge < -0.3 is 9.30 Å². The van der Waals surface area contributed by atoms with Crippen LogP contribution >= 0.6 is 0 Å². The van der Waals surface area contributed by atoms with E-state index in [0.717, 1.165) is 38.5 Å². The van der Waals surface area contributed by atoms with Crippen LogP contribution in [0.1, 0.15) is 57.9 Å². The van der Waals surface area contributed by atoms with Crippen molar-refractivity contribution in [1.29, 1.82) is 0 Å². The number of hydrogen-bond donors (Lipinski definition) is 0. The van der Waals surface area contributed by atoms with Crippen molar-refractivity contribution in [1.82, 2.24) is 9.13 Å². The van der Waals surface area contributed by atoms with E-state index in [9.17, 15) is 14.4 Å². The lowest BCUT2D eigenvalue weighted by Crippen LogP contribution is -2.38. The zero-order valence-electron chi connectivity index (χ0n) is 13.1. The van der Waals surface area contributed by atoms with E-state index in [1.807, 2.05) is 0 Å². The average Bonchev–Trinajstić information content (AvgIpc) is 3.32. The Morgan fingerprint density at radius 1 is 1.23 bits per heavy atom. The highest BCUT2D eigenvalue weighted by molar-refractivity contribution is 5.68. The van der Waals surface area contributed by atoms with Crippen molar-refractivity contribution in [3.8, 4) is 0 Å². The van der Waals surface area contributed by atoms with Crippen LogP contribution in [0, 0.1) is 0 Å². The van der Waals surface area contributed by atoms with Gasteiger partial charge in [-0.1, -0.05) is 13.3 Å². The Kier molecular flexibility index (Phi) is 5.98. The molecule has 1 saturated carbocycles. The van der Waals surface area contributed by atoms with Crippen molar-refractivity contribution >= 4 is 5.97 Å². The number of nitrogens with zero attached hydrogens (tertiary/aromatic N) is 2. The van der Waals surface area contributed by atoms with Crippen LogP contribution in [0.2, 0.25) is 0 Å². The number of carbonyl (C=O) groups is 1. The quantitative estimate of drug-likeness (QED) is 0.516. The fourth-order valence-electron chi connectivity index (χ4n) is 2.40.